The number of likely N-dealkylation sites (tertiary alicyclic amines) is 1. The topological polar surface area (TPSA) is 60.9 Å². The lowest BCUT2D eigenvalue weighted by atomic mass is 9.74. The molecule has 2 atom stereocenters. The molecule has 1 aromatic heterocycles. The SMILES string of the molecule is COCO[C@@]1(Cc2cc(C3=CCCCC3)ccn2)C(=O)N(COC)C1CC(C)C. The summed E-state index contributed by atoms with van der Waals surface area (Å²) in [5.74, 6) is 0.371. The first-order chi connectivity index (χ1) is 14.0. The van der Waals surface area contributed by atoms with Gasteiger partial charge in [0.25, 0.3) is 5.91 Å². The third-order valence-electron chi connectivity index (χ3n) is 5.86. The Bertz CT molecular complexity index is 733. The lowest BCUT2D eigenvalue weighted by Gasteiger charge is -2.55. The number of hydrogen-bond acceptors (Lipinski definition) is 5. The van der Waals surface area contributed by atoms with E-state index in [1.807, 2.05) is 6.20 Å². The zero-order chi connectivity index (χ0) is 20.9. The van der Waals surface area contributed by atoms with Crippen LogP contribution in [0.1, 0.15) is 57.2 Å². The Morgan fingerprint density at radius 3 is 2.76 bits per heavy atom. The molecule has 0 radical (unpaired) electrons. The van der Waals surface area contributed by atoms with Crippen LogP contribution in [0.25, 0.3) is 5.57 Å². The summed E-state index contributed by atoms with van der Waals surface area (Å²) in [6.07, 6.45) is 10.2. The highest BCUT2D eigenvalue weighted by Gasteiger charge is 2.61. The van der Waals surface area contributed by atoms with Gasteiger partial charge >= 0.3 is 0 Å². The number of carbonyl (C=O) groups excluding carboxylic acids is 1. The molecular formula is C23H34N2O4. The lowest BCUT2D eigenvalue weighted by molar-refractivity contribution is -0.235. The van der Waals surface area contributed by atoms with E-state index < -0.39 is 5.60 Å². The summed E-state index contributed by atoms with van der Waals surface area (Å²) in [5.41, 5.74) is 2.51. The molecule has 1 aliphatic carbocycles. The van der Waals surface area contributed by atoms with Gasteiger partial charge in [0.1, 0.15) is 13.5 Å². The van der Waals surface area contributed by atoms with Gasteiger partial charge in [0.2, 0.25) is 0 Å². The maximum Gasteiger partial charge on any atom is 0.259 e. The van der Waals surface area contributed by atoms with Crippen LogP contribution in [0.5, 0.6) is 0 Å². The van der Waals surface area contributed by atoms with Crippen molar-refractivity contribution in [3.8, 4) is 0 Å². The van der Waals surface area contributed by atoms with Crippen molar-refractivity contribution < 1.29 is 19.0 Å². The van der Waals surface area contributed by atoms with E-state index in [1.54, 1.807) is 19.1 Å². The van der Waals surface area contributed by atoms with Crippen LogP contribution in [0, 0.1) is 5.92 Å². The Morgan fingerprint density at radius 1 is 1.28 bits per heavy atom. The van der Waals surface area contributed by atoms with Crippen molar-refractivity contribution in [1.29, 1.82) is 0 Å². The van der Waals surface area contributed by atoms with Crippen LogP contribution in [0.3, 0.4) is 0 Å². The van der Waals surface area contributed by atoms with E-state index in [2.05, 4.69) is 37.0 Å². The van der Waals surface area contributed by atoms with Crippen LogP contribution in [0.15, 0.2) is 24.4 Å². The predicted octanol–water partition coefficient (Wildman–Crippen LogP) is 3.80. The molecule has 0 spiro atoms. The summed E-state index contributed by atoms with van der Waals surface area (Å²) in [6.45, 7) is 4.66. The highest BCUT2D eigenvalue weighted by molar-refractivity contribution is 5.93. The lowest BCUT2D eigenvalue weighted by Crippen LogP contribution is -2.76. The second-order valence-corrected chi connectivity index (χ2v) is 8.47. The molecule has 2 aliphatic rings. The van der Waals surface area contributed by atoms with Gasteiger partial charge in [-0.05, 0) is 61.3 Å². The molecule has 0 aromatic carbocycles. The first kappa shape index (κ1) is 21.9. The standard InChI is InChI=1S/C23H34N2O4/c1-17(2)12-21-23(29-16-28-4,22(26)25(21)15-27-3)14-20-13-19(10-11-24-20)18-8-6-5-7-9-18/h8,10-11,13,17,21H,5-7,9,12,14-16H2,1-4H3/t21?,23-/m1/s1. The number of nitrogens with zero attached hydrogens (tertiary/aromatic N) is 2. The van der Waals surface area contributed by atoms with Gasteiger partial charge in [-0.3, -0.25) is 9.78 Å². The van der Waals surface area contributed by atoms with Crippen molar-refractivity contribution in [3.63, 3.8) is 0 Å². The van der Waals surface area contributed by atoms with E-state index in [0.717, 1.165) is 25.0 Å². The number of carbonyl (C=O) groups is 1. The molecule has 2 heterocycles. The summed E-state index contributed by atoms with van der Waals surface area (Å²) in [5, 5.41) is 0. The fraction of sp³-hybridized carbons (Fsp3) is 0.652. The van der Waals surface area contributed by atoms with E-state index in [0.29, 0.717) is 12.3 Å². The molecule has 0 bridgehead atoms. The largest absolute Gasteiger partial charge is 0.364 e. The third-order valence-corrected chi connectivity index (χ3v) is 5.86. The summed E-state index contributed by atoms with van der Waals surface area (Å²) in [7, 11) is 3.19. The molecule has 1 fully saturated rings. The van der Waals surface area contributed by atoms with Crippen LogP contribution in [0.4, 0.5) is 0 Å². The van der Waals surface area contributed by atoms with Crippen molar-refractivity contribution >= 4 is 11.5 Å². The van der Waals surface area contributed by atoms with Crippen LogP contribution >= 0.6 is 0 Å². The zero-order valence-electron chi connectivity index (χ0n) is 18.1. The fourth-order valence-electron chi connectivity index (χ4n) is 4.48. The first-order valence-electron chi connectivity index (χ1n) is 10.6. The summed E-state index contributed by atoms with van der Waals surface area (Å²) in [6, 6.07) is 4.12. The van der Waals surface area contributed by atoms with Crippen molar-refractivity contribution in [2.75, 3.05) is 27.7 Å². The molecule has 1 aromatic rings. The van der Waals surface area contributed by atoms with Gasteiger partial charge in [0, 0.05) is 32.5 Å². The predicted molar refractivity (Wildman–Crippen MR) is 112 cm³/mol. The van der Waals surface area contributed by atoms with Crippen molar-refractivity contribution in [1.82, 2.24) is 9.88 Å². The van der Waals surface area contributed by atoms with Gasteiger partial charge in [-0.2, -0.15) is 0 Å². The minimum absolute atomic E-state index is 0.0499. The second kappa shape index (κ2) is 9.83. The highest BCUT2D eigenvalue weighted by Crippen LogP contribution is 2.41. The molecule has 0 N–H and O–H groups in total. The van der Waals surface area contributed by atoms with Gasteiger partial charge in [0.15, 0.2) is 5.60 Å². The number of allylic oxidation sites excluding steroid dienone is 2. The first-order valence-corrected chi connectivity index (χ1v) is 10.6. The highest BCUT2D eigenvalue weighted by atomic mass is 16.7. The number of ether oxygens (including phenoxy) is 3. The summed E-state index contributed by atoms with van der Waals surface area (Å²) >= 11 is 0. The zero-order valence-corrected chi connectivity index (χ0v) is 18.1. The van der Waals surface area contributed by atoms with E-state index in [-0.39, 0.29) is 25.5 Å². The van der Waals surface area contributed by atoms with Crippen LogP contribution in [-0.2, 0) is 25.4 Å². The molecule has 0 saturated carbocycles. The Kier molecular flexibility index (Phi) is 7.44. The normalized spacial score (nSPS) is 24.6. The van der Waals surface area contributed by atoms with Gasteiger partial charge < -0.3 is 19.1 Å². The number of pyridine rings is 1. The van der Waals surface area contributed by atoms with Gasteiger partial charge in [-0.1, -0.05) is 19.9 Å². The molecule has 1 amide bonds. The molecule has 1 aliphatic heterocycles. The molecule has 1 saturated heterocycles. The average molecular weight is 403 g/mol. The van der Waals surface area contributed by atoms with E-state index >= 15 is 0 Å². The third kappa shape index (κ3) is 4.71. The average Bonchev–Trinajstić information content (AvgIpc) is 2.74. The maximum atomic E-state index is 13.2. The molecule has 29 heavy (non-hydrogen) atoms. The number of amides is 1. The van der Waals surface area contributed by atoms with Crippen molar-refractivity contribution in [2.24, 2.45) is 5.92 Å². The number of aromatic nitrogens is 1. The molecule has 6 heteroatoms. The van der Waals surface area contributed by atoms with Crippen LogP contribution in [-0.4, -0.2) is 55.2 Å². The Balaban J connectivity index is 1.88. The van der Waals surface area contributed by atoms with E-state index in [9.17, 15) is 4.79 Å². The van der Waals surface area contributed by atoms with Crippen molar-refractivity contribution in [2.45, 2.75) is 64.0 Å². The van der Waals surface area contributed by atoms with Gasteiger partial charge in [-0.25, -0.2) is 0 Å². The van der Waals surface area contributed by atoms with Gasteiger partial charge in [-0.15, -0.1) is 0 Å². The maximum absolute atomic E-state index is 13.2. The quantitative estimate of drug-likeness (QED) is 0.440. The Labute approximate surface area is 174 Å². The van der Waals surface area contributed by atoms with E-state index in [4.69, 9.17) is 14.2 Å². The fourth-order valence-corrected chi connectivity index (χ4v) is 4.48. The second-order valence-electron chi connectivity index (χ2n) is 8.47. The minimum atomic E-state index is -0.953. The Hall–Kier alpha value is -1.76. The molecular weight excluding hydrogens is 368 g/mol. The number of β-lactam (4-membered cyclic amide) rings is 1. The summed E-state index contributed by atoms with van der Waals surface area (Å²) < 4.78 is 16.5. The molecule has 6 nitrogen and oxygen atoms in total. The smallest absolute Gasteiger partial charge is 0.259 e. The summed E-state index contributed by atoms with van der Waals surface area (Å²) in [4.78, 5) is 19.5. The number of methoxy groups -OCH3 is 2. The van der Waals surface area contributed by atoms with E-state index in [1.165, 1.54) is 24.0 Å². The minimum Gasteiger partial charge on any atom is -0.364 e. The molecule has 1 unspecified atom stereocenters. The van der Waals surface area contributed by atoms with Crippen LogP contribution in [0.2, 0.25) is 0 Å². The van der Waals surface area contributed by atoms with Crippen molar-refractivity contribution in [3.05, 3.63) is 35.7 Å². The van der Waals surface area contributed by atoms with Gasteiger partial charge in [0.05, 0.1) is 6.04 Å². The molecule has 160 valence electrons. The Morgan fingerprint density at radius 2 is 2.10 bits per heavy atom. The number of hydrogen-bond donors (Lipinski definition) is 0. The number of rotatable bonds is 10. The monoisotopic (exact) mass is 402 g/mol. The molecule has 3 rings (SSSR count). The van der Waals surface area contributed by atoms with Crippen LogP contribution < -0.4 is 0 Å².